The summed E-state index contributed by atoms with van der Waals surface area (Å²) in [7, 11) is 0. The molecule has 2 rings (SSSR count). The maximum absolute atomic E-state index is 11.8. The minimum absolute atomic E-state index is 0.223. The van der Waals surface area contributed by atoms with Crippen LogP contribution in [0.15, 0.2) is 30.3 Å². The number of hydrogen-bond donors (Lipinski definition) is 1. The molecule has 110 valence electrons. The number of nitrogens with zero attached hydrogens (tertiary/aromatic N) is 1. The van der Waals surface area contributed by atoms with Crippen molar-refractivity contribution in [1.82, 2.24) is 4.90 Å². The smallest absolute Gasteiger partial charge is 0.410 e. The lowest BCUT2D eigenvalue weighted by Crippen LogP contribution is -2.41. The van der Waals surface area contributed by atoms with Crippen molar-refractivity contribution in [2.75, 3.05) is 6.61 Å². The van der Waals surface area contributed by atoms with Crippen LogP contribution in [0.2, 0.25) is 0 Å². The van der Waals surface area contributed by atoms with Crippen LogP contribution >= 0.6 is 0 Å². The lowest BCUT2D eigenvalue weighted by molar-refractivity contribution is 0.0745. The van der Waals surface area contributed by atoms with Gasteiger partial charge < -0.3 is 9.84 Å². The Morgan fingerprint density at radius 1 is 1.35 bits per heavy atom. The summed E-state index contributed by atoms with van der Waals surface area (Å²) in [5.74, 6) is 0. The maximum Gasteiger partial charge on any atom is 0.410 e. The molecule has 4 nitrogen and oxygen atoms in total. The number of amides is 1. The molecule has 0 aliphatic carbocycles. The molecule has 1 aliphatic rings. The van der Waals surface area contributed by atoms with E-state index in [1.165, 1.54) is 0 Å². The Balaban J connectivity index is 1.95. The summed E-state index contributed by atoms with van der Waals surface area (Å²) in [6.45, 7) is 2.92. The van der Waals surface area contributed by atoms with Gasteiger partial charge in [0.2, 0.25) is 0 Å². The molecule has 1 saturated heterocycles. The summed E-state index contributed by atoms with van der Waals surface area (Å²) in [5, 5.41) is 10.3. The Hall–Kier alpha value is -1.55. The zero-order valence-corrected chi connectivity index (χ0v) is 12.0. The average Bonchev–Trinajstić information content (AvgIpc) is 2.82. The zero-order chi connectivity index (χ0) is 14.4. The van der Waals surface area contributed by atoms with Crippen LogP contribution < -0.4 is 0 Å². The van der Waals surface area contributed by atoms with Crippen molar-refractivity contribution < 1.29 is 14.6 Å². The molecule has 1 aromatic rings. The minimum atomic E-state index is -0.503. The van der Waals surface area contributed by atoms with Crippen LogP contribution in [0.4, 0.5) is 4.79 Å². The lowest BCUT2D eigenvalue weighted by atomic mass is 10.0. The van der Waals surface area contributed by atoms with Gasteiger partial charge in [0.15, 0.2) is 0 Å². The molecule has 0 spiro atoms. The molecule has 1 amide bonds. The summed E-state index contributed by atoms with van der Waals surface area (Å²) < 4.78 is 5.10. The molecular weight excluding hydrogens is 254 g/mol. The monoisotopic (exact) mass is 277 g/mol. The molecule has 4 heteroatoms. The number of carbonyl (C=O) groups is 1. The predicted octanol–water partition coefficient (Wildman–Crippen LogP) is 2.95. The Labute approximate surface area is 120 Å². The Kier molecular flexibility index (Phi) is 5.41. The number of unbranched alkanes of at least 4 members (excludes halogenated alkanes) is 2. The molecule has 0 bridgehead atoms. The van der Waals surface area contributed by atoms with Crippen molar-refractivity contribution in [3.8, 4) is 0 Å². The molecule has 2 atom stereocenters. The molecular formula is C16H23NO3. The van der Waals surface area contributed by atoms with Gasteiger partial charge in [0, 0.05) is 6.54 Å². The number of rotatable bonds is 7. The first-order valence-electron chi connectivity index (χ1n) is 7.37. The van der Waals surface area contributed by atoms with Gasteiger partial charge in [-0.05, 0) is 12.0 Å². The summed E-state index contributed by atoms with van der Waals surface area (Å²) in [6.07, 6.45) is 3.12. The molecule has 1 aliphatic heterocycles. The van der Waals surface area contributed by atoms with Crippen LogP contribution in [-0.4, -0.2) is 34.9 Å². The van der Waals surface area contributed by atoms with Gasteiger partial charge in [0.05, 0.1) is 12.1 Å². The van der Waals surface area contributed by atoms with Crippen LogP contribution in [-0.2, 0) is 11.3 Å². The minimum Gasteiger partial charge on any atom is -0.447 e. The van der Waals surface area contributed by atoms with E-state index in [0.717, 1.165) is 31.2 Å². The Morgan fingerprint density at radius 3 is 2.80 bits per heavy atom. The summed E-state index contributed by atoms with van der Waals surface area (Å²) in [4.78, 5) is 13.5. The summed E-state index contributed by atoms with van der Waals surface area (Å²) in [5.41, 5.74) is 1.05. The molecule has 20 heavy (non-hydrogen) atoms. The lowest BCUT2D eigenvalue weighted by Gasteiger charge is -2.25. The quantitative estimate of drug-likeness (QED) is 0.780. The maximum atomic E-state index is 11.8. The van der Waals surface area contributed by atoms with Gasteiger partial charge in [0.1, 0.15) is 6.61 Å². The van der Waals surface area contributed by atoms with E-state index in [4.69, 9.17) is 4.74 Å². The fourth-order valence-corrected chi connectivity index (χ4v) is 2.54. The molecule has 1 N–H and O–H groups in total. The number of cyclic esters (lactones) is 1. The topological polar surface area (TPSA) is 49.8 Å². The third kappa shape index (κ3) is 3.73. The van der Waals surface area contributed by atoms with Crippen LogP contribution in [0.1, 0.15) is 38.2 Å². The van der Waals surface area contributed by atoms with Gasteiger partial charge in [-0.2, -0.15) is 0 Å². The van der Waals surface area contributed by atoms with Crippen LogP contribution in [0.25, 0.3) is 0 Å². The zero-order valence-electron chi connectivity index (χ0n) is 12.0. The Bertz CT molecular complexity index is 421. The highest BCUT2D eigenvalue weighted by atomic mass is 16.6. The third-order valence-corrected chi connectivity index (χ3v) is 3.76. The number of hydrogen-bond acceptors (Lipinski definition) is 3. The number of benzene rings is 1. The molecule has 0 aromatic heterocycles. The van der Waals surface area contributed by atoms with E-state index in [0.29, 0.717) is 13.2 Å². The summed E-state index contributed by atoms with van der Waals surface area (Å²) >= 11 is 0. The van der Waals surface area contributed by atoms with E-state index >= 15 is 0 Å². The first-order valence-corrected chi connectivity index (χ1v) is 7.37. The SMILES string of the molecule is CCCCC[C@@H](O)[C@@H]1COC(=O)N1Cc1ccccc1. The van der Waals surface area contributed by atoms with Gasteiger partial charge in [-0.25, -0.2) is 4.79 Å². The second-order valence-corrected chi connectivity index (χ2v) is 5.32. The normalized spacial score (nSPS) is 20.0. The highest BCUT2D eigenvalue weighted by molar-refractivity contribution is 5.70. The largest absolute Gasteiger partial charge is 0.447 e. The van der Waals surface area contributed by atoms with Gasteiger partial charge in [-0.3, -0.25) is 4.90 Å². The fraction of sp³-hybridized carbons (Fsp3) is 0.562. The molecule has 0 radical (unpaired) electrons. The second kappa shape index (κ2) is 7.29. The van der Waals surface area contributed by atoms with Crippen molar-refractivity contribution in [2.45, 2.75) is 51.3 Å². The number of aliphatic hydroxyl groups is 1. The predicted molar refractivity (Wildman–Crippen MR) is 77.3 cm³/mol. The van der Waals surface area contributed by atoms with E-state index in [9.17, 15) is 9.90 Å². The van der Waals surface area contributed by atoms with Crippen LogP contribution in [0, 0.1) is 0 Å². The standard InChI is InChI=1S/C16H23NO3/c1-2-3-5-10-15(18)14-12-20-16(19)17(14)11-13-8-6-4-7-9-13/h4,6-9,14-15,18H,2-3,5,10-12H2,1H3/t14-,15+/m0/s1. The first-order chi connectivity index (χ1) is 9.72. The molecule has 0 unspecified atom stereocenters. The first kappa shape index (κ1) is 14.9. The van der Waals surface area contributed by atoms with Gasteiger partial charge in [-0.1, -0.05) is 56.5 Å². The number of aliphatic hydroxyl groups excluding tert-OH is 1. The number of ether oxygens (including phenoxy) is 1. The van der Waals surface area contributed by atoms with E-state index in [1.54, 1.807) is 4.90 Å². The van der Waals surface area contributed by atoms with Gasteiger partial charge in [0.25, 0.3) is 0 Å². The van der Waals surface area contributed by atoms with Crippen molar-refractivity contribution in [2.24, 2.45) is 0 Å². The molecule has 1 heterocycles. The van der Waals surface area contributed by atoms with E-state index < -0.39 is 6.10 Å². The van der Waals surface area contributed by atoms with Crippen molar-refractivity contribution in [3.63, 3.8) is 0 Å². The van der Waals surface area contributed by atoms with E-state index in [1.807, 2.05) is 30.3 Å². The van der Waals surface area contributed by atoms with Crippen molar-refractivity contribution >= 4 is 6.09 Å². The van der Waals surface area contributed by atoms with Crippen LogP contribution in [0.3, 0.4) is 0 Å². The van der Waals surface area contributed by atoms with Crippen molar-refractivity contribution in [3.05, 3.63) is 35.9 Å². The van der Waals surface area contributed by atoms with E-state index in [2.05, 4.69) is 6.92 Å². The van der Waals surface area contributed by atoms with Crippen LogP contribution in [0.5, 0.6) is 0 Å². The highest BCUT2D eigenvalue weighted by Gasteiger charge is 2.37. The average molecular weight is 277 g/mol. The summed E-state index contributed by atoms with van der Waals surface area (Å²) in [6, 6.07) is 9.58. The number of carbonyl (C=O) groups excluding carboxylic acids is 1. The van der Waals surface area contributed by atoms with E-state index in [-0.39, 0.29) is 12.1 Å². The molecule has 1 aromatic carbocycles. The van der Waals surface area contributed by atoms with Gasteiger partial charge in [-0.15, -0.1) is 0 Å². The van der Waals surface area contributed by atoms with Gasteiger partial charge >= 0.3 is 6.09 Å². The molecule has 0 saturated carbocycles. The third-order valence-electron chi connectivity index (χ3n) is 3.76. The van der Waals surface area contributed by atoms with Crippen molar-refractivity contribution in [1.29, 1.82) is 0 Å². The highest BCUT2D eigenvalue weighted by Crippen LogP contribution is 2.21. The molecule has 1 fully saturated rings. The Morgan fingerprint density at radius 2 is 2.10 bits per heavy atom. The fourth-order valence-electron chi connectivity index (χ4n) is 2.54. The second-order valence-electron chi connectivity index (χ2n) is 5.32.